The zero-order valence-electron chi connectivity index (χ0n) is 14.4. The minimum atomic E-state index is -0.681. The maximum absolute atomic E-state index is 13.1. The van der Waals surface area contributed by atoms with Crippen molar-refractivity contribution in [1.82, 2.24) is 29.6 Å². The van der Waals surface area contributed by atoms with E-state index in [1.165, 1.54) is 23.3 Å². The fraction of sp³-hybridized carbons (Fsp3) is 0.400. The van der Waals surface area contributed by atoms with Gasteiger partial charge in [-0.3, -0.25) is 0 Å². The van der Waals surface area contributed by atoms with E-state index in [2.05, 4.69) is 36.3 Å². The Morgan fingerprint density at radius 1 is 1.38 bits per heavy atom. The van der Waals surface area contributed by atoms with E-state index < -0.39 is 17.4 Å². The van der Waals surface area contributed by atoms with Crippen molar-refractivity contribution in [2.24, 2.45) is 0 Å². The van der Waals surface area contributed by atoms with Crippen LogP contribution in [0.25, 0.3) is 5.82 Å². The summed E-state index contributed by atoms with van der Waals surface area (Å²) in [6.45, 7) is 4.89. The molecule has 0 atom stereocenters. The van der Waals surface area contributed by atoms with Crippen LogP contribution in [0.15, 0.2) is 40.0 Å². The van der Waals surface area contributed by atoms with Crippen LogP contribution >= 0.6 is 15.9 Å². The maximum atomic E-state index is 13.1. The van der Waals surface area contributed by atoms with Gasteiger partial charge in [-0.05, 0) is 42.3 Å². The summed E-state index contributed by atoms with van der Waals surface area (Å²) in [4.78, 5) is 32.0. The van der Waals surface area contributed by atoms with Crippen LogP contribution in [0.5, 0.6) is 0 Å². The topological polar surface area (TPSA) is 104 Å². The number of nitrogens with one attached hydrogen (secondary N) is 1. The van der Waals surface area contributed by atoms with Crippen LogP contribution in [-0.4, -0.2) is 42.6 Å². The molecule has 0 saturated heterocycles. The molecule has 0 radical (unpaired) electrons. The standard InChI is InChI=1S/C15H18BrFN6O3/c1-15(2,3)26-13(24)20-5-10(4-17)8-23-14(25)22(9-21-23)12-7-18-11(16)6-19-12/h4,6-7,9H,5,8H2,1-3H3,(H,20,24)/b10-4+. The molecule has 0 fully saturated rings. The lowest BCUT2D eigenvalue weighted by Crippen LogP contribution is -2.34. The molecular weight excluding hydrogens is 411 g/mol. The zero-order chi connectivity index (χ0) is 19.3. The lowest BCUT2D eigenvalue weighted by Gasteiger charge is -2.19. The largest absolute Gasteiger partial charge is 0.444 e. The fourth-order valence-electron chi connectivity index (χ4n) is 1.85. The Balaban J connectivity index is 2.04. The van der Waals surface area contributed by atoms with Gasteiger partial charge in [0.05, 0.1) is 25.3 Å². The van der Waals surface area contributed by atoms with Gasteiger partial charge < -0.3 is 10.1 Å². The van der Waals surface area contributed by atoms with Crippen molar-refractivity contribution in [2.45, 2.75) is 32.9 Å². The number of aromatic nitrogens is 5. The van der Waals surface area contributed by atoms with Crippen LogP contribution < -0.4 is 11.0 Å². The van der Waals surface area contributed by atoms with E-state index in [-0.39, 0.29) is 24.5 Å². The average molecular weight is 429 g/mol. The number of carbonyl (C=O) groups is 1. The molecule has 2 heterocycles. The molecule has 0 saturated carbocycles. The molecule has 9 nitrogen and oxygen atoms in total. The molecule has 0 aliphatic heterocycles. The summed E-state index contributed by atoms with van der Waals surface area (Å²) >= 11 is 3.16. The third kappa shape index (κ3) is 5.48. The summed E-state index contributed by atoms with van der Waals surface area (Å²) in [5.41, 5.74) is -1.03. The fourth-order valence-corrected chi connectivity index (χ4v) is 2.06. The molecule has 2 rings (SSSR count). The third-order valence-corrected chi connectivity index (χ3v) is 3.36. The first-order chi connectivity index (χ1) is 12.2. The normalized spacial score (nSPS) is 12.1. The molecule has 0 aromatic carbocycles. The third-order valence-electron chi connectivity index (χ3n) is 2.95. The van der Waals surface area contributed by atoms with Crippen LogP contribution in [0.4, 0.5) is 9.18 Å². The van der Waals surface area contributed by atoms with Gasteiger partial charge in [-0.1, -0.05) is 0 Å². The number of alkyl carbamates (subject to hydrolysis) is 1. The molecule has 0 aliphatic rings. The average Bonchev–Trinajstić information content (AvgIpc) is 2.91. The predicted octanol–water partition coefficient (Wildman–Crippen LogP) is 1.96. The summed E-state index contributed by atoms with van der Waals surface area (Å²) in [6, 6.07) is 0. The molecule has 1 N–H and O–H groups in total. The van der Waals surface area contributed by atoms with Crippen LogP contribution in [0.1, 0.15) is 20.8 Å². The van der Waals surface area contributed by atoms with Gasteiger partial charge >= 0.3 is 11.8 Å². The predicted molar refractivity (Wildman–Crippen MR) is 94.5 cm³/mol. The molecule has 140 valence electrons. The number of nitrogens with zero attached hydrogens (tertiary/aromatic N) is 5. The highest BCUT2D eigenvalue weighted by Gasteiger charge is 2.16. The second-order valence-corrected chi connectivity index (χ2v) is 7.07. The van der Waals surface area contributed by atoms with E-state index >= 15 is 0 Å². The van der Waals surface area contributed by atoms with Gasteiger partial charge in [-0.2, -0.15) is 5.10 Å². The second kappa shape index (κ2) is 8.21. The van der Waals surface area contributed by atoms with Gasteiger partial charge in [0.25, 0.3) is 0 Å². The van der Waals surface area contributed by atoms with Crippen molar-refractivity contribution in [1.29, 1.82) is 0 Å². The highest BCUT2D eigenvalue weighted by Crippen LogP contribution is 2.07. The maximum Gasteiger partial charge on any atom is 0.407 e. The van der Waals surface area contributed by atoms with E-state index in [0.717, 1.165) is 4.68 Å². The van der Waals surface area contributed by atoms with Crippen LogP contribution in [0.2, 0.25) is 0 Å². The smallest absolute Gasteiger partial charge is 0.407 e. The van der Waals surface area contributed by atoms with Gasteiger partial charge in [0, 0.05) is 6.54 Å². The number of carbonyl (C=O) groups excluding carboxylic acids is 1. The molecule has 0 aliphatic carbocycles. The molecule has 2 aromatic rings. The summed E-state index contributed by atoms with van der Waals surface area (Å²) in [6.07, 6.45) is 3.74. The number of halogens is 2. The summed E-state index contributed by atoms with van der Waals surface area (Å²) in [5.74, 6) is 0.280. The van der Waals surface area contributed by atoms with Crippen LogP contribution in [0.3, 0.4) is 0 Å². The van der Waals surface area contributed by atoms with Crippen LogP contribution in [-0.2, 0) is 11.3 Å². The second-order valence-electron chi connectivity index (χ2n) is 6.26. The van der Waals surface area contributed by atoms with Crippen molar-refractivity contribution in [3.63, 3.8) is 0 Å². The SMILES string of the molecule is CC(C)(C)OC(=O)NC/C(=C\F)Cn1ncn(-c2cnc(Br)cn2)c1=O. The number of hydrogen-bond acceptors (Lipinski definition) is 6. The van der Waals surface area contributed by atoms with Crippen molar-refractivity contribution in [2.75, 3.05) is 6.54 Å². The minimum Gasteiger partial charge on any atom is -0.444 e. The van der Waals surface area contributed by atoms with Crippen molar-refractivity contribution < 1.29 is 13.9 Å². The Morgan fingerprint density at radius 3 is 2.69 bits per heavy atom. The lowest BCUT2D eigenvalue weighted by molar-refractivity contribution is 0.0532. The summed E-state index contributed by atoms with van der Waals surface area (Å²) in [7, 11) is 0. The van der Waals surface area contributed by atoms with Crippen LogP contribution in [0, 0.1) is 0 Å². The Morgan fingerprint density at radius 2 is 2.12 bits per heavy atom. The highest BCUT2D eigenvalue weighted by molar-refractivity contribution is 9.10. The molecular formula is C15H18BrFN6O3. The van der Waals surface area contributed by atoms with Crippen molar-refractivity contribution >= 4 is 22.0 Å². The Hall–Kier alpha value is -2.56. The summed E-state index contributed by atoms with van der Waals surface area (Å²) in [5, 5.41) is 6.35. The summed E-state index contributed by atoms with van der Waals surface area (Å²) < 4.78 is 20.9. The van der Waals surface area contributed by atoms with E-state index in [1.54, 1.807) is 20.8 Å². The molecule has 0 spiro atoms. The molecule has 26 heavy (non-hydrogen) atoms. The first kappa shape index (κ1) is 19.8. The Labute approximate surface area is 157 Å². The quantitative estimate of drug-likeness (QED) is 0.780. The van der Waals surface area contributed by atoms with E-state index in [0.29, 0.717) is 10.9 Å². The van der Waals surface area contributed by atoms with Gasteiger partial charge in [-0.25, -0.2) is 33.2 Å². The van der Waals surface area contributed by atoms with Gasteiger partial charge in [0.15, 0.2) is 5.82 Å². The Bertz CT molecular complexity index is 854. The van der Waals surface area contributed by atoms with Gasteiger partial charge in [-0.15, -0.1) is 0 Å². The minimum absolute atomic E-state index is 0.122. The van der Waals surface area contributed by atoms with Gasteiger partial charge in [0.1, 0.15) is 16.5 Å². The molecule has 1 amide bonds. The van der Waals surface area contributed by atoms with E-state index in [9.17, 15) is 14.0 Å². The van der Waals surface area contributed by atoms with E-state index in [1.807, 2.05) is 0 Å². The number of hydrogen-bond donors (Lipinski definition) is 1. The molecule has 11 heteroatoms. The highest BCUT2D eigenvalue weighted by atomic mass is 79.9. The van der Waals surface area contributed by atoms with Crippen molar-refractivity contribution in [3.8, 4) is 5.82 Å². The first-order valence-corrected chi connectivity index (χ1v) is 8.36. The molecule has 0 unspecified atom stereocenters. The van der Waals surface area contributed by atoms with Gasteiger partial charge in [0.2, 0.25) is 0 Å². The lowest BCUT2D eigenvalue weighted by atomic mass is 10.2. The zero-order valence-corrected chi connectivity index (χ0v) is 16.0. The number of rotatable bonds is 5. The monoisotopic (exact) mass is 428 g/mol. The van der Waals surface area contributed by atoms with Crippen molar-refractivity contribution in [3.05, 3.63) is 45.7 Å². The molecule has 2 aromatic heterocycles. The number of ether oxygens (including phenoxy) is 1. The number of amides is 1. The molecule has 0 bridgehead atoms. The first-order valence-electron chi connectivity index (χ1n) is 7.57. The van der Waals surface area contributed by atoms with E-state index in [4.69, 9.17) is 4.74 Å². The Kier molecular flexibility index (Phi) is 6.24.